The molecule has 26 heavy (non-hydrogen) atoms. The van der Waals surface area contributed by atoms with Gasteiger partial charge in [-0.15, -0.1) is 0 Å². The molecule has 0 aliphatic carbocycles. The van der Waals surface area contributed by atoms with Gasteiger partial charge in [0, 0.05) is 12.2 Å². The molecule has 0 spiro atoms. The van der Waals surface area contributed by atoms with Crippen LogP contribution in [0.1, 0.15) is 33.7 Å². The minimum absolute atomic E-state index is 0.187. The first kappa shape index (κ1) is 17.4. The van der Waals surface area contributed by atoms with Crippen LogP contribution in [0.25, 0.3) is 0 Å². The number of nitrogens with zero attached hydrogens (tertiary/aromatic N) is 2. The SMILES string of the molecule is CCN(C(=O)c1cccc(C(=O)NCc2ccco2)n1)c1ccccc1. The number of furan rings is 1. The molecule has 0 saturated carbocycles. The molecular weight excluding hydrogens is 330 g/mol. The highest BCUT2D eigenvalue weighted by atomic mass is 16.3. The lowest BCUT2D eigenvalue weighted by Gasteiger charge is -2.20. The molecule has 0 atom stereocenters. The van der Waals surface area contributed by atoms with E-state index in [1.54, 1.807) is 41.5 Å². The van der Waals surface area contributed by atoms with Gasteiger partial charge in [-0.3, -0.25) is 9.59 Å². The number of pyridine rings is 1. The third-order valence-electron chi connectivity index (χ3n) is 3.83. The molecule has 6 heteroatoms. The third-order valence-corrected chi connectivity index (χ3v) is 3.83. The second kappa shape index (κ2) is 8.11. The van der Waals surface area contributed by atoms with Crippen molar-refractivity contribution in [3.8, 4) is 0 Å². The summed E-state index contributed by atoms with van der Waals surface area (Å²) >= 11 is 0. The Labute approximate surface area is 151 Å². The van der Waals surface area contributed by atoms with E-state index in [1.165, 1.54) is 0 Å². The molecule has 1 aromatic carbocycles. The zero-order chi connectivity index (χ0) is 18.4. The van der Waals surface area contributed by atoms with E-state index >= 15 is 0 Å². The largest absolute Gasteiger partial charge is 0.467 e. The van der Waals surface area contributed by atoms with Crippen LogP contribution in [0.2, 0.25) is 0 Å². The van der Waals surface area contributed by atoms with Gasteiger partial charge in [0.05, 0.1) is 12.8 Å². The molecule has 2 aromatic heterocycles. The standard InChI is InChI=1S/C20H19N3O3/c1-2-23(15-8-4-3-5-9-15)20(25)18-12-6-11-17(22-18)19(24)21-14-16-10-7-13-26-16/h3-13H,2,14H2,1H3,(H,21,24). The summed E-state index contributed by atoms with van der Waals surface area (Å²) in [5.74, 6) is 0.0324. The second-order valence-electron chi connectivity index (χ2n) is 5.56. The summed E-state index contributed by atoms with van der Waals surface area (Å²) in [6.07, 6.45) is 1.54. The molecular formula is C20H19N3O3. The maximum Gasteiger partial charge on any atom is 0.276 e. The Kier molecular flexibility index (Phi) is 5.43. The van der Waals surface area contributed by atoms with E-state index in [0.29, 0.717) is 12.3 Å². The maximum atomic E-state index is 12.8. The number of aromatic nitrogens is 1. The highest BCUT2D eigenvalue weighted by Crippen LogP contribution is 2.16. The summed E-state index contributed by atoms with van der Waals surface area (Å²) in [5.41, 5.74) is 1.20. The van der Waals surface area contributed by atoms with Crippen molar-refractivity contribution < 1.29 is 14.0 Å². The Hall–Kier alpha value is -3.41. The molecule has 2 amide bonds. The summed E-state index contributed by atoms with van der Waals surface area (Å²) in [6.45, 7) is 2.65. The summed E-state index contributed by atoms with van der Waals surface area (Å²) in [5, 5.41) is 2.72. The molecule has 0 fully saturated rings. The zero-order valence-corrected chi connectivity index (χ0v) is 14.4. The topological polar surface area (TPSA) is 75.4 Å². The fraction of sp³-hybridized carbons (Fsp3) is 0.150. The van der Waals surface area contributed by atoms with E-state index in [9.17, 15) is 9.59 Å². The molecule has 0 bridgehead atoms. The number of para-hydroxylation sites is 1. The Bertz CT molecular complexity index is 876. The lowest BCUT2D eigenvalue weighted by molar-refractivity contribution is 0.0942. The number of anilines is 1. The average molecular weight is 349 g/mol. The number of hydrogen-bond donors (Lipinski definition) is 1. The van der Waals surface area contributed by atoms with Crippen LogP contribution in [0.5, 0.6) is 0 Å². The van der Waals surface area contributed by atoms with Gasteiger partial charge in [0.1, 0.15) is 17.1 Å². The van der Waals surface area contributed by atoms with Crippen molar-refractivity contribution in [2.45, 2.75) is 13.5 Å². The molecule has 2 heterocycles. The van der Waals surface area contributed by atoms with Crippen LogP contribution < -0.4 is 10.2 Å². The first-order valence-corrected chi connectivity index (χ1v) is 8.33. The zero-order valence-electron chi connectivity index (χ0n) is 14.4. The third kappa shape index (κ3) is 3.97. The molecule has 0 aliphatic heterocycles. The highest BCUT2D eigenvalue weighted by molar-refractivity contribution is 6.05. The number of hydrogen-bond acceptors (Lipinski definition) is 4. The van der Waals surface area contributed by atoms with E-state index < -0.39 is 0 Å². The number of carbonyl (C=O) groups is 2. The summed E-state index contributed by atoms with van der Waals surface area (Å²) in [4.78, 5) is 30.9. The molecule has 0 radical (unpaired) electrons. The van der Waals surface area contributed by atoms with Gasteiger partial charge in [-0.1, -0.05) is 24.3 Å². The van der Waals surface area contributed by atoms with E-state index in [2.05, 4.69) is 10.3 Å². The molecule has 132 valence electrons. The Balaban J connectivity index is 1.75. The van der Waals surface area contributed by atoms with Crippen LogP contribution in [-0.4, -0.2) is 23.3 Å². The van der Waals surface area contributed by atoms with E-state index in [1.807, 2.05) is 37.3 Å². The summed E-state index contributed by atoms with van der Waals surface area (Å²) in [6, 6.07) is 17.7. The van der Waals surface area contributed by atoms with Crippen molar-refractivity contribution in [3.05, 3.63) is 84.1 Å². The van der Waals surface area contributed by atoms with Gasteiger partial charge in [0.2, 0.25) is 0 Å². The molecule has 1 N–H and O–H groups in total. The van der Waals surface area contributed by atoms with Crippen molar-refractivity contribution in [1.29, 1.82) is 0 Å². The van der Waals surface area contributed by atoms with Crippen LogP contribution in [0.4, 0.5) is 5.69 Å². The minimum Gasteiger partial charge on any atom is -0.467 e. The van der Waals surface area contributed by atoms with Crippen LogP contribution in [0.15, 0.2) is 71.3 Å². The quantitative estimate of drug-likeness (QED) is 0.741. The smallest absolute Gasteiger partial charge is 0.276 e. The molecule has 0 saturated heterocycles. The maximum absolute atomic E-state index is 12.8. The van der Waals surface area contributed by atoms with Gasteiger partial charge >= 0.3 is 0 Å². The lowest BCUT2D eigenvalue weighted by atomic mass is 10.2. The predicted octanol–water partition coefficient (Wildman–Crippen LogP) is 3.27. The number of nitrogens with one attached hydrogen (secondary N) is 1. The van der Waals surface area contributed by atoms with Crippen molar-refractivity contribution >= 4 is 17.5 Å². The van der Waals surface area contributed by atoms with Crippen molar-refractivity contribution in [1.82, 2.24) is 10.3 Å². The van der Waals surface area contributed by atoms with Crippen LogP contribution in [0.3, 0.4) is 0 Å². The molecule has 3 rings (SSSR count). The van der Waals surface area contributed by atoms with Crippen molar-refractivity contribution in [2.24, 2.45) is 0 Å². The van der Waals surface area contributed by atoms with Gasteiger partial charge in [-0.2, -0.15) is 0 Å². The minimum atomic E-state index is -0.362. The Morgan fingerprint density at radius 3 is 2.46 bits per heavy atom. The molecule has 0 aliphatic rings. The second-order valence-corrected chi connectivity index (χ2v) is 5.56. The van der Waals surface area contributed by atoms with Crippen LogP contribution in [0, 0.1) is 0 Å². The van der Waals surface area contributed by atoms with Crippen molar-refractivity contribution in [3.63, 3.8) is 0 Å². The van der Waals surface area contributed by atoms with E-state index in [0.717, 1.165) is 5.69 Å². The summed E-state index contributed by atoms with van der Waals surface area (Å²) < 4.78 is 5.18. The van der Waals surface area contributed by atoms with Gasteiger partial charge in [-0.05, 0) is 43.3 Å². The number of rotatable bonds is 6. The monoisotopic (exact) mass is 349 g/mol. The fourth-order valence-electron chi connectivity index (χ4n) is 2.54. The highest BCUT2D eigenvalue weighted by Gasteiger charge is 2.19. The molecule has 3 aromatic rings. The number of amides is 2. The fourth-order valence-corrected chi connectivity index (χ4v) is 2.54. The number of carbonyl (C=O) groups excluding carboxylic acids is 2. The Morgan fingerprint density at radius 2 is 1.77 bits per heavy atom. The van der Waals surface area contributed by atoms with E-state index in [4.69, 9.17) is 4.42 Å². The van der Waals surface area contributed by atoms with Crippen molar-refractivity contribution in [2.75, 3.05) is 11.4 Å². The Morgan fingerprint density at radius 1 is 1.00 bits per heavy atom. The molecule has 6 nitrogen and oxygen atoms in total. The van der Waals surface area contributed by atoms with Gasteiger partial charge in [0.15, 0.2) is 0 Å². The van der Waals surface area contributed by atoms with E-state index in [-0.39, 0.29) is 29.7 Å². The first-order chi connectivity index (χ1) is 12.7. The van der Waals surface area contributed by atoms with Gasteiger partial charge in [-0.25, -0.2) is 4.98 Å². The van der Waals surface area contributed by atoms with Crippen LogP contribution in [-0.2, 0) is 6.54 Å². The van der Waals surface area contributed by atoms with Gasteiger partial charge in [0.25, 0.3) is 11.8 Å². The average Bonchev–Trinajstić information content (AvgIpc) is 3.21. The van der Waals surface area contributed by atoms with Crippen LogP contribution >= 0.6 is 0 Å². The summed E-state index contributed by atoms with van der Waals surface area (Å²) in [7, 11) is 0. The number of benzene rings is 1. The normalized spacial score (nSPS) is 10.3. The first-order valence-electron chi connectivity index (χ1n) is 8.33. The predicted molar refractivity (Wildman–Crippen MR) is 97.9 cm³/mol. The molecule has 0 unspecified atom stereocenters. The lowest BCUT2D eigenvalue weighted by Crippen LogP contribution is -2.32. The van der Waals surface area contributed by atoms with Gasteiger partial charge < -0.3 is 14.6 Å².